The molecule has 3 fully saturated rings. The summed E-state index contributed by atoms with van der Waals surface area (Å²) in [7, 11) is 3.42. The summed E-state index contributed by atoms with van der Waals surface area (Å²) in [5.41, 5.74) is 1.35. The van der Waals surface area contributed by atoms with Gasteiger partial charge in [-0.3, -0.25) is 4.79 Å². The fourth-order valence-corrected chi connectivity index (χ4v) is 7.26. The third-order valence-corrected chi connectivity index (χ3v) is 8.59. The zero-order chi connectivity index (χ0) is 22.0. The van der Waals surface area contributed by atoms with Crippen molar-refractivity contribution >= 4 is 16.7 Å². The van der Waals surface area contributed by atoms with Gasteiger partial charge in [0.25, 0.3) is 0 Å². The third kappa shape index (κ3) is 2.82. The summed E-state index contributed by atoms with van der Waals surface area (Å²) in [5.74, 6) is 2.71. The van der Waals surface area contributed by atoms with Crippen LogP contribution in [0.3, 0.4) is 0 Å². The second-order valence-electron chi connectivity index (χ2n) is 10.2. The van der Waals surface area contributed by atoms with Crippen LogP contribution in [0.4, 0.5) is 0 Å². The molecule has 1 amide bonds. The van der Waals surface area contributed by atoms with Gasteiger partial charge in [0, 0.05) is 30.3 Å². The van der Waals surface area contributed by atoms with E-state index in [1.807, 2.05) is 18.2 Å². The highest BCUT2D eigenvalue weighted by molar-refractivity contribution is 5.96. The first-order chi connectivity index (χ1) is 14.8. The number of carbonyl (C=O) groups is 1. The summed E-state index contributed by atoms with van der Waals surface area (Å²) in [5, 5.41) is 5.48. The molecule has 3 aliphatic rings. The number of benzene rings is 2. The molecule has 2 aromatic rings. The molecule has 5 nitrogen and oxygen atoms in total. The molecule has 1 unspecified atom stereocenters. The van der Waals surface area contributed by atoms with E-state index < -0.39 is 0 Å². The molecule has 2 aliphatic carbocycles. The molecule has 5 atom stereocenters. The molecular formula is C26H33NO4. The average Bonchev–Trinajstić information content (AvgIpc) is 3.25. The number of hydrogen-bond donors (Lipinski definition) is 1. The van der Waals surface area contributed by atoms with Crippen LogP contribution in [-0.2, 0) is 9.53 Å². The maximum absolute atomic E-state index is 12.1. The van der Waals surface area contributed by atoms with Crippen molar-refractivity contribution in [3.8, 4) is 11.5 Å². The molecule has 1 N–H and O–H groups in total. The lowest BCUT2D eigenvalue weighted by Gasteiger charge is -2.53. The molecule has 2 bridgehead atoms. The number of ether oxygens (including phenoxy) is 3. The van der Waals surface area contributed by atoms with E-state index in [1.165, 1.54) is 12.0 Å². The standard InChI is InChI=1S/C26H33NO4/c1-15(28)27-24-25(2,3)16-13-19-23(31-12-11-26(19,24)14-16)18-9-10-20(29-4)17-7-6-8-21(30-5)22(17)18/h6-10,16,19,23-24H,11-14H2,1-5H3,(H,27,28)/t16-,19-,23-,24+,26?/m1/s1. The number of methoxy groups -OCH3 is 2. The highest BCUT2D eigenvalue weighted by Gasteiger charge is 2.68. The molecule has 2 aromatic carbocycles. The van der Waals surface area contributed by atoms with Gasteiger partial charge in [-0.2, -0.15) is 0 Å². The third-order valence-electron chi connectivity index (χ3n) is 8.59. The smallest absolute Gasteiger partial charge is 0.217 e. The zero-order valence-electron chi connectivity index (χ0n) is 19.2. The first kappa shape index (κ1) is 20.6. The highest BCUT2D eigenvalue weighted by Crippen LogP contribution is 2.70. The van der Waals surface area contributed by atoms with Gasteiger partial charge in [-0.15, -0.1) is 0 Å². The average molecular weight is 424 g/mol. The number of nitrogens with one attached hydrogen (secondary N) is 1. The Morgan fingerprint density at radius 1 is 1.13 bits per heavy atom. The normalized spacial score (nSPS) is 33.2. The van der Waals surface area contributed by atoms with Crippen molar-refractivity contribution in [2.45, 2.75) is 52.2 Å². The van der Waals surface area contributed by atoms with Crippen LogP contribution < -0.4 is 14.8 Å². The van der Waals surface area contributed by atoms with Crippen LogP contribution in [0.2, 0.25) is 0 Å². The first-order valence-electron chi connectivity index (χ1n) is 11.4. The molecule has 0 radical (unpaired) electrons. The topological polar surface area (TPSA) is 56.8 Å². The Bertz CT molecular complexity index is 1030. The molecule has 166 valence electrons. The van der Waals surface area contributed by atoms with E-state index in [0.29, 0.717) is 18.4 Å². The van der Waals surface area contributed by atoms with Crippen LogP contribution in [0.5, 0.6) is 11.5 Å². The monoisotopic (exact) mass is 423 g/mol. The second-order valence-corrected chi connectivity index (χ2v) is 10.2. The molecule has 0 aromatic heterocycles. The molecular weight excluding hydrogens is 390 g/mol. The lowest BCUT2D eigenvalue weighted by molar-refractivity contribution is -0.135. The number of amides is 1. The Kier molecular flexibility index (Phi) is 4.74. The van der Waals surface area contributed by atoms with Crippen LogP contribution in [0.15, 0.2) is 30.3 Å². The maximum Gasteiger partial charge on any atom is 0.217 e. The summed E-state index contributed by atoms with van der Waals surface area (Å²) in [6.45, 7) is 7.02. The fourth-order valence-electron chi connectivity index (χ4n) is 7.26. The lowest BCUT2D eigenvalue weighted by Crippen LogP contribution is -2.58. The Balaban J connectivity index is 1.64. The van der Waals surface area contributed by atoms with Gasteiger partial charge in [-0.05, 0) is 59.6 Å². The van der Waals surface area contributed by atoms with E-state index in [0.717, 1.165) is 35.1 Å². The van der Waals surface area contributed by atoms with Crippen molar-refractivity contribution < 1.29 is 19.0 Å². The first-order valence-corrected chi connectivity index (χ1v) is 11.4. The van der Waals surface area contributed by atoms with Crippen molar-refractivity contribution in [3.63, 3.8) is 0 Å². The summed E-state index contributed by atoms with van der Waals surface area (Å²) in [6.07, 6.45) is 3.29. The number of fused-ring (bicyclic) bond motifs is 2. The predicted molar refractivity (Wildman–Crippen MR) is 120 cm³/mol. The van der Waals surface area contributed by atoms with E-state index in [-0.39, 0.29) is 28.9 Å². The minimum atomic E-state index is -0.0178. The fraction of sp³-hybridized carbons (Fsp3) is 0.577. The van der Waals surface area contributed by atoms with Gasteiger partial charge in [-0.25, -0.2) is 0 Å². The number of rotatable bonds is 4. The van der Waals surface area contributed by atoms with Crippen LogP contribution in [0.25, 0.3) is 10.8 Å². The molecule has 1 aliphatic heterocycles. The summed E-state index contributed by atoms with van der Waals surface area (Å²) >= 11 is 0. The molecule has 5 rings (SSSR count). The van der Waals surface area contributed by atoms with Crippen LogP contribution in [0, 0.1) is 22.7 Å². The van der Waals surface area contributed by atoms with Gasteiger partial charge in [0.05, 0.1) is 20.3 Å². The van der Waals surface area contributed by atoms with Crippen LogP contribution in [-0.4, -0.2) is 32.8 Å². The van der Waals surface area contributed by atoms with Gasteiger partial charge in [0.2, 0.25) is 5.91 Å². The van der Waals surface area contributed by atoms with Gasteiger partial charge in [0.15, 0.2) is 0 Å². The van der Waals surface area contributed by atoms with Crippen molar-refractivity contribution in [2.75, 3.05) is 20.8 Å². The number of hydrogen-bond acceptors (Lipinski definition) is 4. The minimum Gasteiger partial charge on any atom is -0.496 e. The van der Waals surface area contributed by atoms with Crippen molar-refractivity contribution in [1.29, 1.82) is 0 Å². The van der Waals surface area contributed by atoms with Crippen LogP contribution >= 0.6 is 0 Å². The molecule has 1 saturated heterocycles. The van der Waals surface area contributed by atoms with E-state index in [2.05, 4.69) is 31.3 Å². The summed E-state index contributed by atoms with van der Waals surface area (Å²) < 4.78 is 17.9. The van der Waals surface area contributed by atoms with Gasteiger partial charge in [0.1, 0.15) is 11.5 Å². The van der Waals surface area contributed by atoms with Gasteiger partial charge >= 0.3 is 0 Å². The summed E-state index contributed by atoms with van der Waals surface area (Å²) in [6, 6.07) is 10.5. The Labute approximate surface area is 184 Å². The molecule has 5 heteroatoms. The second kappa shape index (κ2) is 7.13. The quantitative estimate of drug-likeness (QED) is 0.762. The SMILES string of the molecule is COc1ccc([C@H]2OCCC34C[C@@H](C[C@H]23)C(C)(C)[C@@H]4NC(C)=O)c2c(OC)cccc12. The lowest BCUT2D eigenvalue weighted by atomic mass is 9.58. The van der Waals surface area contributed by atoms with Crippen molar-refractivity contribution in [1.82, 2.24) is 5.32 Å². The molecule has 1 heterocycles. The van der Waals surface area contributed by atoms with Gasteiger partial charge in [-0.1, -0.05) is 32.0 Å². The molecule has 31 heavy (non-hydrogen) atoms. The van der Waals surface area contributed by atoms with Crippen LogP contribution in [0.1, 0.15) is 51.7 Å². The Morgan fingerprint density at radius 2 is 1.90 bits per heavy atom. The van der Waals surface area contributed by atoms with E-state index in [1.54, 1.807) is 21.1 Å². The maximum atomic E-state index is 12.1. The van der Waals surface area contributed by atoms with E-state index in [9.17, 15) is 4.79 Å². The largest absolute Gasteiger partial charge is 0.496 e. The van der Waals surface area contributed by atoms with Gasteiger partial charge < -0.3 is 19.5 Å². The summed E-state index contributed by atoms with van der Waals surface area (Å²) in [4.78, 5) is 12.1. The van der Waals surface area contributed by atoms with Crippen molar-refractivity contribution in [2.24, 2.45) is 22.7 Å². The molecule has 2 saturated carbocycles. The van der Waals surface area contributed by atoms with E-state index >= 15 is 0 Å². The Morgan fingerprint density at radius 3 is 2.61 bits per heavy atom. The number of carbonyl (C=O) groups excluding carboxylic acids is 1. The Hall–Kier alpha value is -2.27. The van der Waals surface area contributed by atoms with E-state index in [4.69, 9.17) is 14.2 Å². The zero-order valence-corrected chi connectivity index (χ0v) is 19.2. The minimum absolute atomic E-state index is 0.0178. The highest BCUT2D eigenvalue weighted by atomic mass is 16.5. The predicted octanol–water partition coefficient (Wildman–Crippen LogP) is 4.88. The van der Waals surface area contributed by atoms with Crippen molar-refractivity contribution in [3.05, 3.63) is 35.9 Å². The molecule has 1 spiro atoms.